The first-order valence-corrected chi connectivity index (χ1v) is 11.2. The number of aromatic nitrogens is 2. The van der Waals surface area contributed by atoms with Crippen molar-refractivity contribution in [1.82, 2.24) is 10.1 Å². The molecule has 3 N–H and O–H groups in total. The summed E-state index contributed by atoms with van der Waals surface area (Å²) in [5, 5.41) is 11.9. The van der Waals surface area contributed by atoms with Crippen LogP contribution in [0.1, 0.15) is 39.0 Å². The number of carbonyl (C=O) groups excluding carboxylic acids is 2. The first-order valence-electron chi connectivity index (χ1n) is 11.2. The van der Waals surface area contributed by atoms with Crippen LogP contribution in [0.25, 0.3) is 0 Å². The Balaban J connectivity index is 1.55. The van der Waals surface area contributed by atoms with Crippen LogP contribution in [0.3, 0.4) is 0 Å². The molecule has 0 saturated heterocycles. The van der Waals surface area contributed by atoms with E-state index in [0.717, 1.165) is 11.3 Å². The van der Waals surface area contributed by atoms with Crippen LogP contribution in [0.15, 0.2) is 41.1 Å². The Morgan fingerprint density at radius 1 is 1.20 bits per heavy atom. The van der Waals surface area contributed by atoms with Gasteiger partial charge in [-0.25, -0.2) is 19.0 Å². The number of rotatable bonds is 5. The smallest absolute Gasteiger partial charge is 0.329 e. The van der Waals surface area contributed by atoms with Crippen molar-refractivity contribution >= 4 is 40.8 Å². The lowest BCUT2D eigenvalue weighted by Crippen LogP contribution is -2.47. The number of urea groups is 2. The molecule has 1 aliphatic heterocycles. The molecule has 3 heterocycles. The molecule has 11 heteroatoms. The van der Waals surface area contributed by atoms with Gasteiger partial charge in [-0.1, -0.05) is 25.9 Å². The first-order chi connectivity index (χ1) is 16.6. The van der Waals surface area contributed by atoms with E-state index in [1.54, 1.807) is 24.2 Å². The molecule has 184 valence electrons. The zero-order valence-electron chi connectivity index (χ0n) is 20.3. The van der Waals surface area contributed by atoms with E-state index < -0.39 is 11.8 Å². The second-order valence-corrected chi connectivity index (χ2v) is 9.13. The van der Waals surface area contributed by atoms with Gasteiger partial charge in [-0.2, -0.15) is 0 Å². The lowest BCUT2D eigenvalue weighted by molar-refractivity contribution is 0.250. The van der Waals surface area contributed by atoms with E-state index in [1.165, 1.54) is 23.1 Å². The Bertz CT molecular complexity index is 1270. The van der Waals surface area contributed by atoms with Crippen molar-refractivity contribution in [3.8, 4) is 0 Å². The molecule has 0 aliphatic carbocycles. The molecule has 1 aromatic carbocycles. The van der Waals surface area contributed by atoms with Crippen molar-refractivity contribution in [3.05, 3.63) is 53.6 Å². The van der Waals surface area contributed by atoms with Gasteiger partial charge in [0.25, 0.3) is 0 Å². The normalized spacial score (nSPS) is 13.5. The van der Waals surface area contributed by atoms with E-state index in [0.29, 0.717) is 23.7 Å². The maximum absolute atomic E-state index is 14.5. The molecule has 0 saturated carbocycles. The summed E-state index contributed by atoms with van der Waals surface area (Å²) in [4.78, 5) is 33.2. The lowest BCUT2D eigenvalue weighted by atomic mass is 9.92. The minimum atomic E-state index is -0.702. The van der Waals surface area contributed by atoms with Gasteiger partial charge in [0.1, 0.15) is 11.6 Å². The Hall–Kier alpha value is -4.15. The van der Waals surface area contributed by atoms with Crippen molar-refractivity contribution in [2.45, 2.75) is 39.7 Å². The van der Waals surface area contributed by atoms with Crippen LogP contribution < -0.4 is 25.8 Å². The third-order valence-corrected chi connectivity index (χ3v) is 5.64. The predicted molar refractivity (Wildman–Crippen MR) is 133 cm³/mol. The van der Waals surface area contributed by atoms with E-state index in [2.05, 4.69) is 26.1 Å². The van der Waals surface area contributed by atoms with E-state index in [-0.39, 0.29) is 29.6 Å². The average Bonchev–Trinajstić information content (AvgIpc) is 3.29. The van der Waals surface area contributed by atoms with Gasteiger partial charge in [0, 0.05) is 48.6 Å². The summed E-state index contributed by atoms with van der Waals surface area (Å²) in [6.45, 7) is 8.47. The van der Waals surface area contributed by atoms with Gasteiger partial charge in [0.05, 0.1) is 23.6 Å². The minimum absolute atomic E-state index is 0.0825. The highest BCUT2D eigenvalue weighted by atomic mass is 19.1. The second-order valence-electron chi connectivity index (χ2n) is 9.13. The maximum atomic E-state index is 14.5. The fourth-order valence-electron chi connectivity index (χ4n) is 3.71. The van der Waals surface area contributed by atoms with Crippen molar-refractivity contribution < 1.29 is 18.5 Å². The molecule has 0 bridgehead atoms. The molecular weight excluding hydrogens is 453 g/mol. The number of benzene rings is 1. The maximum Gasteiger partial charge on any atom is 0.329 e. The molecule has 10 nitrogen and oxygen atoms in total. The number of anilines is 5. The number of hydrogen-bond donors (Lipinski definition) is 3. The fourth-order valence-corrected chi connectivity index (χ4v) is 3.71. The molecule has 0 unspecified atom stereocenters. The zero-order valence-corrected chi connectivity index (χ0v) is 20.3. The Labute approximate surface area is 202 Å². The molecule has 0 fully saturated rings. The minimum Gasteiger partial charge on any atom is -0.373 e. The highest BCUT2D eigenvalue weighted by Gasteiger charge is 2.31. The van der Waals surface area contributed by atoms with Crippen LogP contribution in [0.4, 0.5) is 42.7 Å². The molecule has 3 aromatic rings. The lowest BCUT2D eigenvalue weighted by Gasteiger charge is -2.36. The number of hydrogen-bond acceptors (Lipinski definition) is 6. The quantitative estimate of drug-likeness (QED) is 0.464. The number of fused-ring (bicyclic) bond motifs is 1. The predicted octanol–water partition coefficient (Wildman–Crippen LogP) is 5.16. The van der Waals surface area contributed by atoms with Crippen LogP contribution in [0.5, 0.6) is 0 Å². The Morgan fingerprint density at radius 3 is 2.63 bits per heavy atom. The molecule has 2 aromatic heterocycles. The van der Waals surface area contributed by atoms with Gasteiger partial charge < -0.3 is 15.2 Å². The third kappa shape index (κ3) is 4.88. The van der Waals surface area contributed by atoms with Gasteiger partial charge in [0.15, 0.2) is 0 Å². The highest BCUT2D eigenvalue weighted by Crippen LogP contribution is 2.34. The van der Waals surface area contributed by atoms with E-state index in [4.69, 9.17) is 4.52 Å². The molecule has 0 radical (unpaired) electrons. The number of halogens is 1. The van der Waals surface area contributed by atoms with Crippen molar-refractivity contribution in [2.75, 3.05) is 39.3 Å². The van der Waals surface area contributed by atoms with Crippen LogP contribution in [-0.4, -0.2) is 35.8 Å². The standard InChI is InChI=1S/C24H28FN7O3/c1-6-31-18-10-20(26-5)27-12-14(18)13-32(23(31)34)15-7-8-16(25)17(9-15)28-22(33)29-21-11-19(30-35-21)24(2,3)4/h7-12H,6,13H2,1-5H3,(H,26,27)(H2,28,29,33). The molecule has 4 rings (SSSR count). The molecular formula is C24H28FN7O3. The SMILES string of the molecule is CCN1C(=O)N(c2ccc(F)c(NC(=O)Nc3cc(C(C)(C)C)no3)c2)Cc2cnc(NC)cc21. The van der Waals surface area contributed by atoms with Gasteiger partial charge in [-0.05, 0) is 25.1 Å². The number of nitrogens with zero attached hydrogens (tertiary/aromatic N) is 4. The Morgan fingerprint density at radius 2 is 1.97 bits per heavy atom. The van der Waals surface area contributed by atoms with Crippen LogP contribution >= 0.6 is 0 Å². The monoisotopic (exact) mass is 481 g/mol. The second kappa shape index (κ2) is 9.24. The zero-order chi connectivity index (χ0) is 25.3. The number of carbonyl (C=O) groups is 2. The van der Waals surface area contributed by atoms with Crippen LogP contribution in [-0.2, 0) is 12.0 Å². The van der Waals surface area contributed by atoms with Crippen molar-refractivity contribution in [2.24, 2.45) is 0 Å². The first kappa shape index (κ1) is 24.0. The van der Waals surface area contributed by atoms with Gasteiger partial charge >= 0.3 is 12.1 Å². The third-order valence-electron chi connectivity index (χ3n) is 5.64. The van der Waals surface area contributed by atoms with Crippen molar-refractivity contribution in [3.63, 3.8) is 0 Å². The summed E-state index contributed by atoms with van der Waals surface area (Å²) in [5.74, 6) is 0.150. The largest absolute Gasteiger partial charge is 0.373 e. The molecule has 0 spiro atoms. The summed E-state index contributed by atoms with van der Waals surface area (Å²) in [6, 6.07) is 6.60. The van der Waals surface area contributed by atoms with Crippen LogP contribution in [0.2, 0.25) is 0 Å². The summed E-state index contributed by atoms with van der Waals surface area (Å²) < 4.78 is 19.7. The molecule has 4 amide bonds. The van der Waals surface area contributed by atoms with E-state index >= 15 is 0 Å². The summed E-state index contributed by atoms with van der Waals surface area (Å²) >= 11 is 0. The van der Waals surface area contributed by atoms with Crippen molar-refractivity contribution in [1.29, 1.82) is 0 Å². The van der Waals surface area contributed by atoms with E-state index in [1.807, 2.05) is 33.8 Å². The topological polar surface area (TPSA) is 116 Å². The highest BCUT2D eigenvalue weighted by molar-refractivity contribution is 6.07. The van der Waals surface area contributed by atoms with Gasteiger partial charge in [0.2, 0.25) is 5.88 Å². The Kier molecular flexibility index (Phi) is 6.33. The number of pyridine rings is 1. The average molecular weight is 482 g/mol. The van der Waals surface area contributed by atoms with E-state index in [9.17, 15) is 14.0 Å². The number of nitrogens with one attached hydrogen (secondary N) is 3. The fraction of sp³-hybridized carbons (Fsp3) is 0.333. The summed E-state index contributed by atoms with van der Waals surface area (Å²) in [7, 11) is 1.76. The molecule has 1 aliphatic rings. The summed E-state index contributed by atoms with van der Waals surface area (Å²) in [6.07, 6.45) is 1.71. The molecule has 0 atom stereocenters. The number of amides is 4. The van der Waals surface area contributed by atoms with Crippen LogP contribution in [0, 0.1) is 5.82 Å². The van der Waals surface area contributed by atoms with Gasteiger partial charge in [-0.15, -0.1) is 0 Å². The summed E-state index contributed by atoms with van der Waals surface area (Å²) in [5.41, 5.74) is 2.39. The molecule has 35 heavy (non-hydrogen) atoms. The van der Waals surface area contributed by atoms with Gasteiger partial charge in [-0.3, -0.25) is 15.1 Å².